The van der Waals surface area contributed by atoms with E-state index >= 15 is 0 Å². The fourth-order valence-corrected chi connectivity index (χ4v) is 11.4. The Kier molecular flexibility index (Phi) is 8.09. The zero-order valence-electron chi connectivity index (χ0n) is 22.4. The minimum absolute atomic E-state index is 0.380. The Balaban J connectivity index is 2.05. The van der Waals surface area contributed by atoms with Crippen LogP contribution in [0.2, 0.25) is 0 Å². The fraction of sp³-hybridized carbons (Fsp3) is 0.300. The third-order valence-corrected chi connectivity index (χ3v) is 11.9. The second kappa shape index (κ2) is 10.8. The summed E-state index contributed by atoms with van der Waals surface area (Å²) in [5, 5.41) is 0. The molecule has 1 saturated heterocycles. The zero-order chi connectivity index (χ0) is 27.1. The number of halogens is 2. The number of hydrogen-bond donors (Lipinski definition) is 0. The van der Waals surface area contributed by atoms with Gasteiger partial charge in [0.2, 0.25) is 0 Å². The third-order valence-electron chi connectivity index (χ3n) is 6.41. The van der Waals surface area contributed by atoms with Crippen molar-refractivity contribution in [3.63, 3.8) is 0 Å². The van der Waals surface area contributed by atoms with Gasteiger partial charge in [0.05, 0.1) is 0 Å². The van der Waals surface area contributed by atoms with E-state index in [4.69, 9.17) is 24.1 Å². The quantitative estimate of drug-likeness (QED) is 0.175. The van der Waals surface area contributed by atoms with Crippen LogP contribution in [0.25, 0.3) is 0 Å². The first-order chi connectivity index (χ1) is 17.4. The molecule has 0 N–H and O–H groups in total. The Hall–Kier alpha value is -2.33. The number of hydrogen-bond acceptors (Lipinski definition) is 4. The first kappa shape index (κ1) is 27.7. The van der Waals surface area contributed by atoms with Gasteiger partial charge in [-0.05, 0) is 0 Å². The van der Waals surface area contributed by atoms with Crippen LogP contribution < -0.4 is 14.5 Å². The number of anilines is 2. The predicted molar refractivity (Wildman–Crippen MR) is 156 cm³/mol. The first-order valence-electron chi connectivity index (χ1n) is 12.2. The molecule has 1 fully saturated rings. The van der Waals surface area contributed by atoms with E-state index < -0.39 is 11.9 Å². The van der Waals surface area contributed by atoms with Crippen molar-refractivity contribution < 1.29 is 21.4 Å². The van der Waals surface area contributed by atoms with Gasteiger partial charge in [-0.25, -0.2) is 0 Å². The molecule has 0 atom stereocenters. The molecule has 0 unspecified atom stereocenters. The third kappa shape index (κ3) is 5.75. The van der Waals surface area contributed by atoms with Gasteiger partial charge in [0.1, 0.15) is 0 Å². The summed E-state index contributed by atoms with van der Waals surface area (Å²) in [4.78, 5) is 16.4. The number of aryl methyl sites for hydroxylation is 6. The van der Waals surface area contributed by atoms with Crippen LogP contribution in [0.5, 0.6) is 5.75 Å². The minimum atomic E-state index is -3.73. The normalized spacial score (nSPS) is 14.2. The maximum atomic E-state index is 11.8. The molecule has 7 heteroatoms. The number of para-hydroxylation sites is 1. The molecule has 0 spiro atoms. The molecule has 1 aliphatic rings. The van der Waals surface area contributed by atoms with Gasteiger partial charge in [0, 0.05) is 0 Å². The number of carbonyl (C=O) groups excluding carboxylic acids is 1. The monoisotopic (exact) mass is 626 g/mol. The molecular weight excluding hydrogens is 592 g/mol. The zero-order valence-corrected chi connectivity index (χ0v) is 25.7. The molecule has 198 valence electrons. The molecule has 0 radical (unpaired) electrons. The molecule has 0 bridgehead atoms. The van der Waals surface area contributed by atoms with Crippen molar-refractivity contribution in [2.24, 2.45) is 0 Å². The summed E-state index contributed by atoms with van der Waals surface area (Å²) in [7, 11) is 14.9. The van der Waals surface area contributed by atoms with Gasteiger partial charge in [-0.15, -0.1) is 0 Å². The molecule has 3 aromatic rings. The second-order valence-electron chi connectivity index (χ2n) is 9.73. The van der Waals surface area contributed by atoms with Gasteiger partial charge >= 0.3 is 232 Å². The average molecular weight is 627 g/mol. The Morgan fingerprint density at radius 3 is 1.68 bits per heavy atom. The second-order valence-corrected chi connectivity index (χ2v) is 19.0. The molecule has 0 aliphatic carbocycles. The van der Waals surface area contributed by atoms with Crippen LogP contribution in [-0.2, 0) is 16.7 Å². The molecule has 37 heavy (non-hydrogen) atoms. The van der Waals surface area contributed by atoms with Crippen LogP contribution in [-0.4, -0.2) is 28.0 Å². The average Bonchev–Trinajstić information content (AvgIpc) is 3.18. The van der Waals surface area contributed by atoms with Crippen LogP contribution in [0.4, 0.5) is 11.4 Å². The fourth-order valence-electron chi connectivity index (χ4n) is 5.37. The van der Waals surface area contributed by atoms with E-state index in [2.05, 4.69) is 75.6 Å². The number of rotatable bonds is 4. The van der Waals surface area contributed by atoms with E-state index in [-0.39, 0.29) is 5.97 Å². The van der Waals surface area contributed by atoms with Gasteiger partial charge in [-0.2, -0.15) is 0 Å². The molecule has 4 nitrogen and oxygen atoms in total. The van der Waals surface area contributed by atoms with Crippen LogP contribution in [0.1, 0.15) is 45.9 Å². The summed E-state index contributed by atoms with van der Waals surface area (Å²) in [6.45, 7) is 15.8. The molecule has 4 rings (SSSR count). The molecule has 1 heterocycles. The van der Waals surface area contributed by atoms with Gasteiger partial charge < -0.3 is 0 Å². The molecule has 0 saturated carbocycles. The van der Waals surface area contributed by atoms with E-state index in [0.29, 0.717) is 5.75 Å². The number of esters is 1. The van der Waals surface area contributed by atoms with Gasteiger partial charge in [0.15, 0.2) is 0 Å². The van der Waals surface area contributed by atoms with Crippen molar-refractivity contribution >= 4 is 45.7 Å². The van der Waals surface area contributed by atoms with Crippen molar-refractivity contribution in [3.8, 4) is 5.75 Å². The number of ether oxygens (including phenoxy) is 1. The summed E-state index contributed by atoms with van der Waals surface area (Å²) < 4.78 is 8.36. The van der Waals surface area contributed by atoms with Gasteiger partial charge in [-0.1, -0.05) is 0 Å². The van der Waals surface area contributed by atoms with Crippen molar-refractivity contribution in [1.29, 1.82) is 0 Å². The topological polar surface area (TPSA) is 32.8 Å². The van der Waals surface area contributed by atoms with Crippen LogP contribution >= 0.6 is 19.4 Å². The molecular formula is C30H34Cl2N2O2Ru. The summed E-state index contributed by atoms with van der Waals surface area (Å²) in [5.74, 6) is 0.0817. The van der Waals surface area contributed by atoms with Crippen molar-refractivity contribution in [2.45, 2.75) is 48.5 Å². The van der Waals surface area contributed by atoms with E-state index in [1.807, 2.05) is 22.8 Å². The van der Waals surface area contributed by atoms with Crippen LogP contribution in [0.3, 0.4) is 0 Å². The number of benzene rings is 3. The summed E-state index contributed by atoms with van der Waals surface area (Å²) in [6.07, 6.45) is 0. The summed E-state index contributed by atoms with van der Waals surface area (Å²) in [6, 6.07) is 16.2. The van der Waals surface area contributed by atoms with Crippen molar-refractivity contribution in [1.82, 2.24) is 0 Å². The Labute approximate surface area is 230 Å². The Morgan fingerprint density at radius 1 is 0.811 bits per heavy atom. The van der Waals surface area contributed by atoms with E-state index in [1.165, 1.54) is 40.3 Å². The van der Waals surface area contributed by atoms with Crippen molar-refractivity contribution in [3.05, 3.63) is 87.5 Å². The molecule has 3 aromatic carbocycles. The molecule has 1 aliphatic heterocycles. The van der Waals surface area contributed by atoms with Gasteiger partial charge in [0.25, 0.3) is 0 Å². The SMILES string of the molecule is CC(=O)Oc1ccccc1[CH]=[Ru]([Cl])([Cl])=[C]1N(c2c(C)cc(C)cc2C)CCN1c1c(C)cc(C)cc1C. The van der Waals surface area contributed by atoms with Crippen LogP contribution in [0, 0.1) is 41.5 Å². The molecule has 0 aromatic heterocycles. The van der Waals surface area contributed by atoms with E-state index in [0.717, 1.165) is 34.4 Å². The summed E-state index contributed by atoms with van der Waals surface area (Å²) >= 11 is -3.73. The van der Waals surface area contributed by atoms with Gasteiger partial charge in [-0.3, -0.25) is 0 Å². The number of nitrogens with zero attached hydrogens (tertiary/aromatic N) is 2. The number of carbonyl (C=O) groups is 1. The maximum absolute atomic E-state index is 11.8. The molecule has 0 amide bonds. The summed E-state index contributed by atoms with van der Waals surface area (Å²) in [5.41, 5.74) is 10.3. The van der Waals surface area contributed by atoms with Crippen molar-refractivity contribution in [2.75, 3.05) is 22.9 Å². The standard InChI is InChI=1S/C21H26N2.C9H8O2.2ClH.Ru/c1-14-9-16(3)20(17(4)10-14)22-7-8-23(13-22)21-18(5)11-15(2)12-19(21)6;1-7-5-3-4-6-9(7)11-8(2)10;;;/h9-12H,7-8H2,1-6H3;1,3-6H,2H3;2*1H;/q;;;;+2/p-2. The predicted octanol–water partition coefficient (Wildman–Crippen LogP) is 7.19. The van der Waals surface area contributed by atoms with E-state index in [1.54, 1.807) is 6.07 Å². The Bertz CT molecular complexity index is 1400. The van der Waals surface area contributed by atoms with E-state index in [9.17, 15) is 4.79 Å². The first-order valence-corrected chi connectivity index (χ1v) is 18.6. The van der Waals surface area contributed by atoms with Crippen LogP contribution in [0.15, 0.2) is 48.5 Å². The Morgan fingerprint density at radius 2 is 1.24 bits per heavy atom.